The number of hydrogen-bond acceptors (Lipinski definition) is 4. The van der Waals surface area contributed by atoms with Gasteiger partial charge in [-0.3, -0.25) is 4.90 Å². The summed E-state index contributed by atoms with van der Waals surface area (Å²) < 4.78 is 5.19. The Bertz CT molecular complexity index is 529. The van der Waals surface area contributed by atoms with Crippen molar-refractivity contribution in [2.45, 2.75) is 26.2 Å². The summed E-state index contributed by atoms with van der Waals surface area (Å²) in [7, 11) is 0. The lowest BCUT2D eigenvalue weighted by Crippen LogP contribution is -2.47. The number of carbonyl (C=O) groups excluding carboxylic acids is 1. The van der Waals surface area contributed by atoms with Crippen LogP contribution in [0.15, 0.2) is 24.3 Å². The zero-order valence-corrected chi connectivity index (χ0v) is 14.0. The molecular weight excluding hydrogens is 290 g/mol. The van der Waals surface area contributed by atoms with Crippen molar-refractivity contribution in [2.24, 2.45) is 0 Å². The number of likely N-dealkylation sites (tertiary alicyclic amines) is 1. The van der Waals surface area contributed by atoms with Crippen molar-refractivity contribution in [1.82, 2.24) is 4.90 Å². The summed E-state index contributed by atoms with van der Waals surface area (Å²) in [6.45, 7) is 8.39. The van der Waals surface area contributed by atoms with Gasteiger partial charge in [0.25, 0.3) is 0 Å². The summed E-state index contributed by atoms with van der Waals surface area (Å²) in [6, 6.07) is 8.15. The van der Waals surface area contributed by atoms with E-state index in [0.717, 1.165) is 31.0 Å². The Morgan fingerprint density at radius 1 is 1.00 bits per heavy atom. The highest BCUT2D eigenvalue weighted by atomic mass is 16.6. The Kier molecular flexibility index (Phi) is 5.39. The number of benzene rings is 1. The van der Waals surface area contributed by atoms with E-state index in [2.05, 4.69) is 15.9 Å². The minimum atomic E-state index is -0.240. The van der Waals surface area contributed by atoms with Crippen molar-refractivity contribution >= 4 is 17.5 Å². The molecule has 0 aliphatic carbocycles. The molecule has 5 heteroatoms. The van der Waals surface area contributed by atoms with Crippen LogP contribution < -0.4 is 9.80 Å². The number of carbonyl (C=O) groups is 1. The second-order valence-corrected chi connectivity index (χ2v) is 6.23. The van der Waals surface area contributed by atoms with Gasteiger partial charge in [0, 0.05) is 26.2 Å². The standard InChI is InChI=1S/C18H27N3O2/c1-2-23-18(22)21-15-14-20(16-8-4-5-9-17(16)21)13-12-19-10-6-3-7-11-19/h4-5,8-9H,2-3,6-7,10-15H2,1H3. The summed E-state index contributed by atoms with van der Waals surface area (Å²) >= 11 is 0. The van der Waals surface area contributed by atoms with Crippen LogP contribution in [0.3, 0.4) is 0 Å². The van der Waals surface area contributed by atoms with E-state index in [4.69, 9.17) is 4.74 Å². The van der Waals surface area contributed by atoms with Crippen LogP contribution in [-0.2, 0) is 4.74 Å². The van der Waals surface area contributed by atoms with Crippen LogP contribution in [0, 0.1) is 0 Å². The molecule has 2 heterocycles. The maximum atomic E-state index is 12.1. The zero-order chi connectivity index (χ0) is 16.1. The third kappa shape index (κ3) is 3.78. The fraction of sp³-hybridized carbons (Fsp3) is 0.611. The third-order valence-corrected chi connectivity index (χ3v) is 4.73. The first kappa shape index (κ1) is 16.1. The van der Waals surface area contributed by atoms with Gasteiger partial charge in [-0.2, -0.15) is 0 Å². The highest BCUT2D eigenvalue weighted by Gasteiger charge is 2.27. The Labute approximate surface area is 138 Å². The molecule has 0 radical (unpaired) electrons. The molecule has 0 N–H and O–H groups in total. The molecule has 1 aromatic carbocycles. The molecule has 0 aromatic heterocycles. The maximum Gasteiger partial charge on any atom is 0.414 e. The van der Waals surface area contributed by atoms with E-state index in [9.17, 15) is 4.79 Å². The van der Waals surface area contributed by atoms with E-state index < -0.39 is 0 Å². The van der Waals surface area contributed by atoms with E-state index in [1.54, 1.807) is 4.90 Å². The Balaban J connectivity index is 1.68. The summed E-state index contributed by atoms with van der Waals surface area (Å²) in [5.74, 6) is 0. The van der Waals surface area contributed by atoms with Crippen molar-refractivity contribution in [1.29, 1.82) is 0 Å². The topological polar surface area (TPSA) is 36.0 Å². The number of amides is 1. The van der Waals surface area contributed by atoms with Gasteiger partial charge in [-0.25, -0.2) is 4.79 Å². The number of piperidine rings is 1. The normalized spacial score (nSPS) is 18.7. The first-order valence-electron chi connectivity index (χ1n) is 8.80. The van der Waals surface area contributed by atoms with Gasteiger partial charge in [-0.1, -0.05) is 18.6 Å². The van der Waals surface area contributed by atoms with E-state index in [1.165, 1.54) is 32.4 Å². The largest absolute Gasteiger partial charge is 0.449 e. The smallest absolute Gasteiger partial charge is 0.414 e. The molecule has 3 rings (SSSR count). The van der Waals surface area contributed by atoms with Gasteiger partial charge >= 0.3 is 6.09 Å². The number of anilines is 2. The molecule has 0 spiro atoms. The molecule has 23 heavy (non-hydrogen) atoms. The van der Waals surface area contributed by atoms with E-state index >= 15 is 0 Å². The number of nitrogens with zero attached hydrogens (tertiary/aromatic N) is 3. The van der Waals surface area contributed by atoms with Gasteiger partial charge in [0.05, 0.1) is 18.0 Å². The van der Waals surface area contributed by atoms with Gasteiger partial charge in [0.1, 0.15) is 0 Å². The van der Waals surface area contributed by atoms with Crippen LogP contribution >= 0.6 is 0 Å². The minimum absolute atomic E-state index is 0.240. The highest BCUT2D eigenvalue weighted by molar-refractivity contribution is 5.93. The number of para-hydroxylation sites is 2. The van der Waals surface area contributed by atoms with Crippen LogP contribution in [-0.4, -0.2) is 56.9 Å². The summed E-state index contributed by atoms with van der Waals surface area (Å²) in [5.41, 5.74) is 2.11. The van der Waals surface area contributed by atoms with Crippen molar-refractivity contribution in [3.63, 3.8) is 0 Å². The summed E-state index contributed by atoms with van der Waals surface area (Å²) in [5, 5.41) is 0. The molecule has 2 aliphatic heterocycles. The fourth-order valence-corrected chi connectivity index (χ4v) is 3.49. The van der Waals surface area contributed by atoms with Gasteiger partial charge < -0.3 is 14.5 Å². The van der Waals surface area contributed by atoms with Crippen LogP contribution in [0.5, 0.6) is 0 Å². The van der Waals surface area contributed by atoms with Gasteiger partial charge in [0.2, 0.25) is 0 Å². The fourth-order valence-electron chi connectivity index (χ4n) is 3.49. The molecule has 0 bridgehead atoms. The van der Waals surface area contributed by atoms with Crippen molar-refractivity contribution in [2.75, 3.05) is 55.7 Å². The van der Waals surface area contributed by atoms with Crippen LogP contribution in [0.2, 0.25) is 0 Å². The predicted molar refractivity (Wildman–Crippen MR) is 93.3 cm³/mol. The van der Waals surface area contributed by atoms with Gasteiger partial charge in [-0.15, -0.1) is 0 Å². The Morgan fingerprint density at radius 3 is 2.48 bits per heavy atom. The lowest BCUT2D eigenvalue weighted by Gasteiger charge is -2.38. The molecular formula is C18H27N3O2. The molecule has 1 saturated heterocycles. The highest BCUT2D eigenvalue weighted by Crippen LogP contribution is 2.33. The molecule has 1 amide bonds. The molecule has 126 valence electrons. The van der Waals surface area contributed by atoms with E-state index in [1.807, 2.05) is 25.1 Å². The monoisotopic (exact) mass is 317 g/mol. The molecule has 0 unspecified atom stereocenters. The summed E-state index contributed by atoms with van der Waals surface area (Å²) in [4.78, 5) is 18.9. The lowest BCUT2D eigenvalue weighted by atomic mass is 10.1. The number of ether oxygens (including phenoxy) is 1. The Morgan fingerprint density at radius 2 is 1.74 bits per heavy atom. The number of hydrogen-bond donors (Lipinski definition) is 0. The number of fused-ring (bicyclic) bond motifs is 1. The van der Waals surface area contributed by atoms with Gasteiger partial charge in [0.15, 0.2) is 0 Å². The quantitative estimate of drug-likeness (QED) is 0.855. The predicted octanol–water partition coefficient (Wildman–Crippen LogP) is 2.96. The Hall–Kier alpha value is -1.75. The number of rotatable bonds is 4. The SMILES string of the molecule is CCOC(=O)N1CCN(CCN2CCCCC2)c2ccccc21. The first-order chi connectivity index (χ1) is 11.3. The van der Waals surface area contributed by atoms with E-state index in [-0.39, 0.29) is 6.09 Å². The van der Waals surface area contributed by atoms with Crippen molar-refractivity contribution in [3.05, 3.63) is 24.3 Å². The van der Waals surface area contributed by atoms with Crippen molar-refractivity contribution in [3.8, 4) is 0 Å². The van der Waals surface area contributed by atoms with Crippen LogP contribution in [0.25, 0.3) is 0 Å². The summed E-state index contributed by atoms with van der Waals surface area (Å²) in [6.07, 6.45) is 3.79. The van der Waals surface area contributed by atoms with Crippen molar-refractivity contribution < 1.29 is 9.53 Å². The van der Waals surface area contributed by atoms with Crippen LogP contribution in [0.4, 0.5) is 16.2 Å². The average molecular weight is 317 g/mol. The first-order valence-corrected chi connectivity index (χ1v) is 8.80. The average Bonchev–Trinajstić information content (AvgIpc) is 2.60. The van der Waals surface area contributed by atoms with Crippen LogP contribution in [0.1, 0.15) is 26.2 Å². The molecule has 0 atom stereocenters. The minimum Gasteiger partial charge on any atom is -0.449 e. The maximum absolute atomic E-state index is 12.1. The molecule has 1 aromatic rings. The molecule has 2 aliphatic rings. The second kappa shape index (κ2) is 7.68. The third-order valence-electron chi connectivity index (χ3n) is 4.73. The van der Waals surface area contributed by atoms with Gasteiger partial charge in [-0.05, 0) is 45.0 Å². The van der Waals surface area contributed by atoms with E-state index in [0.29, 0.717) is 13.2 Å². The molecule has 1 fully saturated rings. The zero-order valence-electron chi connectivity index (χ0n) is 14.0. The molecule has 5 nitrogen and oxygen atoms in total. The molecule has 0 saturated carbocycles. The second-order valence-electron chi connectivity index (χ2n) is 6.23. The lowest BCUT2D eigenvalue weighted by molar-refractivity contribution is 0.159.